The Bertz CT molecular complexity index is 1560. The van der Waals surface area contributed by atoms with Crippen molar-refractivity contribution in [1.29, 1.82) is 0 Å². The fraction of sp³-hybridized carbons (Fsp3) is 0.0690. The van der Waals surface area contributed by atoms with Crippen LogP contribution in [0.1, 0.15) is 22.3 Å². The van der Waals surface area contributed by atoms with Gasteiger partial charge in [0.05, 0.1) is 0 Å². The van der Waals surface area contributed by atoms with Crippen LogP contribution in [0.5, 0.6) is 0 Å². The van der Waals surface area contributed by atoms with E-state index in [0.29, 0.717) is 0 Å². The molecule has 10 rings (SSSR count). The van der Waals surface area contributed by atoms with Crippen molar-refractivity contribution in [3.8, 4) is 0 Å². The smallest absolute Gasteiger partial charge is 0.0975 e. The summed E-state index contributed by atoms with van der Waals surface area (Å²) in [5.41, 5.74) is 8.24. The van der Waals surface area contributed by atoms with Crippen molar-refractivity contribution in [2.45, 2.75) is 0 Å². The molecule has 0 unspecified atom stereocenters. The van der Waals surface area contributed by atoms with Gasteiger partial charge in [0.2, 0.25) is 0 Å². The van der Waals surface area contributed by atoms with E-state index in [0.717, 1.165) is 24.6 Å². The van der Waals surface area contributed by atoms with Crippen LogP contribution in [0.15, 0.2) is 121 Å². The van der Waals surface area contributed by atoms with E-state index < -0.39 is 0 Å². The molecule has 0 atom stereocenters. The van der Waals surface area contributed by atoms with Gasteiger partial charge in [0.1, 0.15) is 0 Å². The van der Waals surface area contributed by atoms with Crippen molar-refractivity contribution in [1.82, 2.24) is 0 Å². The van der Waals surface area contributed by atoms with Crippen LogP contribution in [0.4, 0.5) is 0 Å². The van der Waals surface area contributed by atoms with Gasteiger partial charge in [-0.25, -0.2) is 0 Å². The van der Waals surface area contributed by atoms with Gasteiger partial charge in [-0.3, -0.25) is 0 Å². The van der Waals surface area contributed by atoms with Crippen LogP contribution in [-0.4, -0.2) is 24.6 Å². The average molecular weight is 975 g/mol. The third-order valence-corrected chi connectivity index (χ3v) is 16.4. The Labute approximate surface area is 419 Å². The Hall–Kier alpha value is -0.702. The molecular formula is C58H48Fe3P2+6. The second-order valence-corrected chi connectivity index (χ2v) is 19.8. The van der Waals surface area contributed by atoms with Crippen LogP contribution >= 0.6 is 15.8 Å². The first-order valence-corrected chi connectivity index (χ1v) is 24.3. The molecular weight excluding hydrogens is 926 g/mol. The Morgan fingerprint density at radius 2 is 0.460 bits per heavy atom. The Balaban J connectivity index is 0.000000200. The molecule has 6 aliphatic carbocycles. The summed E-state index contributed by atoms with van der Waals surface area (Å²) in [7, 11) is -0.666. The predicted octanol–water partition coefficient (Wildman–Crippen LogP) is 12.9. The molecule has 63 heavy (non-hydrogen) atoms. The molecule has 0 aromatic heterocycles. The minimum Gasteiger partial charge on any atom is -0.0975 e. The van der Waals surface area contributed by atoms with Crippen LogP contribution in [0.2, 0.25) is 0 Å². The van der Waals surface area contributed by atoms with E-state index in [1.165, 1.54) is 80.9 Å². The van der Waals surface area contributed by atoms with Gasteiger partial charge in [-0.15, -0.1) is 0 Å². The van der Waals surface area contributed by atoms with Gasteiger partial charge in [-0.05, 0) is 199 Å². The van der Waals surface area contributed by atoms with Crippen molar-refractivity contribution in [2.75, 3.05) is 24.6 Å². The summed E-state index contributed by atoms with van der Waals surface area (Å²) in [6.07, 6.45) is 49.5. The number of rotatable bonds is 14. The first-order chi connectivity index (χ1) is 29.8. The van der Waals surface area contributed by atoms with E-state index in [1.807, 2.05) is 0 Å². The summed E-state index contributed by atoms with van der Waals surface area (Å²) in [5, 5.41) is 0. The molecule has 4 aromatic rings. The van der Waals surface area contributed by atoms with E-state index in [1.54, 1.807) is 0 Å². The molecule has 6 saturated carbocycles. The molecule has 0 amide bonds. The molecule has 6 aliphatic rings. The first kappa shape index (κ1) is 51.7. The van der Waals surface area contributed by atoms with Crippen LogP contribution < -0.4 is 0 Å². The normalized spacial score (nSPS) is 21.5. The summed E-state index contributed by atoms with van der Waals surface area (Å²) < 4.78 is 0. The summed E-state index contributed by atoms with van der Waals surface area (Å²) in [4.78, 5) is 0. The van der Waals surface area contributed by atoms with Crippen molar-refractivity contribution in [3.05, 3.63) is 331 Å². The standard InChI is InChI=1S/2C29H24P.3Fe/c2*1-3-11-23(12-4-1)28-19-9-15-25(28)21-30(27-17-7-8-18-27)22-26-16-10-20-29(26)24-13-5-2-6-14-24;;;/h2*1-20H,21-22H2;;;/q;;3*+2. The molecule has 4 aromatic carbocycles. The molecule has 0 N–H and O–H groups in total. The predicted molar refractivity (Wildman–Crippen MR) is 254 cm³/mol. The van der Waals surface area contributed by atoms with Gasteiger partial charge < -0.3 is 0 Å². The summed E-state index contributed by atoms with van der Waals surface area (Å²) in [6.45, 7) is 0. The second-order valence-electron chi connectivity index (χ2n) is 15.3. The number of hydrogen-bond acceptors (Lipinski definition) is 0. The average Bonchev–Trinajstić information content (AvgIpc) is 4.16. The van der Waals surface area contributed by atoms with Gasteiger partial charge in [-0.1, -0.05) is 137 Å². The molecule has 308 valence electrons. The quantitative estimate of drug-likeness (QED) is 0.0873. The summed E-state index contributed by atoms with van der Waals surface area (Å²) in [6, 6.07) is 43.1. The van der Waals surface area contributed by atoms with E-state index in [4.69, 9.17) is 0 Å². The van der Waals surface area contributed by atoms with E-state index in [2.05, 4.69) is 250 Å². The van der Waals surface area contributed by atoms with Gasteiger partial charge in [0.25, 0.3) is 0 Å². The maximum Gasteiger partial charge on any atom is 2.00 e. The third kappa shape index (κ3) is 13.7. The van der Waals surface area contributed by atoms with E-state index in [9.17, 15) is 0 Å². The minimum atomic E-state index is -0.333. The first-order valence-electron chi connectivity index (χ1n) is 20.9. The Kier molecular flexibility index (Phi) is 21.9. The maximum absolute atomic E-state index is 2.31. The zero-order valence-electron chi connectivity index (χ0n) is 34.9. The fourth-order valence-electron chi connectivity index (χ4n) is 8.43. The molecule has 0 nitrogen and oxygen atoms in total. The Morgan fingerprint density at radius 3 is 0.683 bits per heavy atom. The Morgan fingerprint density at radius 1 is 0.238 bits per heavy atom. The molecule has 30 radical (unpaired) electrons. The van der Waals surface area contributed by atoms with Crippen molar-refractivity contribution in [3.63, 3.8) is 0 Å². The molecule has 0 spiro atoms. The number of hydrogen-bond donors (Lipinski definition) is 0. The summed E-state index contributed by atoms with van der Waals surface area (Å²) in [5.74, 6) is 11.3. The molecule has 0 heterocycles. The van der Waals surface area contributed by atoms with Gasteiger partial charge in [0.15, 0.2) is 0 Å². The minimum absolute atomic E-state index is 0. The van der Waals surface area contributed by atoms with E-state index in [-0.39, 0.29) is 67.0 Å². The van der Waals surface area contributed by atoms with Crippen LogP contribution in [0.3, 0.4) is 0 Å². The van der Waals surface area contributed by atoms with Gasteiger partial charge in [-0.2, -0.15) is 0 Å². The maximum atomic E-state index is 2.31. The van der Waals surface area contributed by atoms with Crippen LogP contribution in [-0.2, 0) is 51.2 Å². The monoisotopic (exact) mass is 974 g/mol. The van der Waals surface area contributed by atoms with Crippen molar-refractivity contribution in [2.24, 2.45) is 0 Å². The van der Waals surface area contributed by atoms with Gasteiger partial charge >= 0.3 is 51.2 Å². The molecule has 0 aliphatic heterocycles. The van der Waals surface area contributed by atoms with Crippen molar-refractivity contribution >= 4 is 15.8 Å². The topological polar surface area (TPSA) is 0 Å². The zero-order chi connectivity index (χ0) is 40.4. The molecule has 0 saturated heterocycles. The van der Waals surface area contributed by atoms with Crippen LogP contribution in [0, 0.1) is 187 Å². The van der Waals surface area contributed by atoms with E-state index >= 15 is 0 Å². The van der Waals surface area contributed by atoms with Crippen LogP contribution in [0.25, 0.3) is 0 Å². The van der Waals surface area contributed by atoms with Crippen molar-refractivity contribution < 1.29 is 51.2 Å². The zero-order valence-corrected chi connectivity index (χ0v) is 40.0. The third-order valence-electron chi connectivity index (χ3n) is 11.4. The molecule has 5 heteroatoms. The number of benzene rings is 4. The van der Waals surface area contributed by atoms with Gasteiger partial charge in [0, 0.05) is 35.0 Å². The SMILES string of the molecule is [CH]1[CH][C](CP(C[C]2[CH][CH][CH][C]2c2ccccc2)[C]2[CH][CH][CH][CH]2)[C](c2ccccc2)[CH]1.[CH]1[CH][C](CP(C[C]2[CH][CH][CH][C]2c2ccccc2)[C]2[CH][CH][CH][CH]2)[C](c2ccccc2)[CH]1.[Fe+2].[Fe+2].[Fe+2]. The second kappa shape index (κ2) is 26.7. The largest absolute Gasteiger partial charge is 2.00 e. The summed E-state index contributed by atoms with van der Waals surface area (Å²) >= 11 is 0. The fourth-order valence-corrected chi connectivity index (χ4v) is 13.3. The molecule has 0 bridgehead atoms. The molecule has 6 fully saturated rings.